The largest absolute Gasteiger partial charge is 0.489 e. The van der Waals surface area contributed by atoms with Crippen LogP contribution in [0.25, 0.3) is 22.6 Å². The van der Waals surface area contributed by atoms with Crippen molar-refractivity contribution in [3.63, 3.8) is 0 Å². The highest BCUT2D eigenvalue weighted by atomic mass is 16.5. The Morgan fingerprint density at radius 3 is 2.63 bits per heavy atom. The second kappa shape index (κ2) is 10.9. The Labute approximate surface area is 220 Å². The summed E-state index contributed by atoms with van der Waals surface area (Å²) in [6, 6.07) is 0. The second-order valence-corrected chi connectivity index (χ2v) is 9.73. The van der Waals surface area contributed by atoms with E-state index in [4.69, 9.17) is 14.5 Å². The van der Waals surface area contributed by atoms with Crippen LogP contribution in [0, 0.1) is 0 Å². The van der Waals surface area contributed by atoms with Crippen molar-refractivity contribution in [1.82, 2.24) is 54.5 Å². The van der Waals surface area contributed by atoms with Gasteiger partial charge in [-0.15, -0.1) is 5.10 Å². The van der Waals surface area contributed by atoms with Crippen LogP contribution < -0.4 is 9.64 Å². The van der Waals surface area contributed by atoms with Crippen molar-refractivity contribution in [2.75, 3.05) is 71.0 Å². The summed E-state index contributed by atoms with van der Waals surface area (Å²) in [5, 5.41) is 12.7. The summed E-state index contributed by atoms with van der Waals surface area (Å²) in [6.45, 7) is 8.30. The molecule has 14 nitrogen and oxygen atoms in total. The fourth-order valence-electron chi connectivity index (χ4n) is 4.69. The van der Waals surface area contributed by atoms with E-state index in [-0.39, 0.29) is 6.10 Å². The summed E-state index contributed by atoms with van der Waals surface area (Å²) < 4.78 is 15.4. The molecular formula is C24H32N12O2. The summed E-state index contributed by atoms with van der Waals surface area (Å²) in [5.41, 5.74) is 2.72. The number of nitrogens with zero attached hydrogens (tertiary/aromatic N) is 12. The fraction of sp³-hybridized carbons (Fsp3) is 0.542. The number of ether oxygens (including phenoxy) is 2. The first-order chi connectivity index (χ1) is 18.6. The molecule has 6 rings (SSSR count). The predicted molar refractivity (Wildman–Crippen MR) is 139 cm³/mol. The third-order valence-electron chi connectivity index (χ3n) is 6.91. The van der Waals surface area contributed by atoms with Gasteiger partial charge in [-0.1, -0.05) is 5.21 Å². The lowest BCUT2D eigenvalue weighted by atomic mass is 10.2. The van der Waals surface area contributed by atoms with Gasteiger partial charge in [0, 0.05) is 64.6 Å². The Hall–Kier alpha value is -3.75. The number of hydrogen-bond acceptors (Lipinski definition) is 12. The Morgan fingerprint density at radius 2 is 1.84 bits per heavy atom. The van der Waals surface area contributed by atoms with Gasteiger partial charge < -0.3 is 19.3 Å². The van der Waals surface area contributed by atoms with E-state index in [1.807, 2.05) is 13.2 Å². The van der Waals surface area contributed by atoms with Gasteiger partial charge >= 0.3 is 0 Å². The number of likely N-dealkylation sites (N-methyl/N-ethyl adjacent to an activating group) is 1. The molecule has 6 heterocycles. The normalized spacial score (nSPS) is 19.3. The van der Waals surface area contributed by atoms with E-state index in [9.17, 15) is 0 Å². The first kappa shape index (κ1) is 24.6. The Morgan fingerprint density at radius 1 is 1.00 bits per heavy atom. The van der Waals surface area contributed by atoms with Gasteiger partial charge in [0.15, 0.2) is 11.4 Å². The zero-order valence-electron chi connectivity index (χ0n) is 21.7. The Kier molecular flexibility index (Phi) is 7.07. The van der Waals surface area contributed by atoms with Crippen LogP contribution in [0.3, 0.4) is 0 Å². The summed E-state index contributed by atoms with van der Waals surface area (Å²) in [5.74, 6) is 1.34. The molecular weight excluding hydrogens is 488 g/mol. The van der Waals surface area contributed by atoms with E-state index in [1.54, 1.807) is 34.2 Å². The molecule has 0 bridgehead atoms. The smallest absolute Gasteiger partial charge is 0.225 e. The molecule has 0 radical (unpaired) electrons. The van der Waals surface area contributed by atoms with Crippen molar-refractivity contribution in [1.29, 1.82) is 0 Å². The van der Waals surface area contributed by atoms with Crippen molar-refractivity contribution in [3.05, 3.63) is 31.0 Å². The summed E-state index contributed by atoms with van der Waals surface area (Å²) in [7, 11) is 4.03. The summed E-state index contributed by atoms with van der Waals surface area (Å²) >= 11 is 0. The van der Waals surface area contributed by atoms with Crippen LogP contribution in [0.4, 0.5) is 5.95 Å². The highest BCUT2D eigenvalue weighted by molar-refractivity contribution is 5.69. The topological polar surface area (TPSA) is 128 Å². The number of fused-ring (bicyclic) bond motifs is 1. The molecule has 2 aliphatic heterocycles. The SMILES string of the molecule is CN1CCN(CCOc2cnc(N3CCO[C@@H](Cn4nnc5ncc(-c6cnn(C)c6)nc54)C3)nc2)CC1. The Balaban J connectivity index is 1.05. The molecule has 1 atom stereocenters. The molecule has 0 amide bonds. The van der Waals surface area contributed by atoms with E-state index in [0.717, 1.165) is 44.0 Å². The highest BCUT2D eigenvalue weighted by Gasteiger charge is 2.24. The van der Waals surface area contributed by atoms with E-state index in [0.29, 0.717) is 55.8 Å². The molecule has 0 saturated carbocycles. The minimum Gasteiger partial charge on any atom is -0.489 e. The van der Waals surface area contributed by atoms with Crippen LogP contribution >= 0.6 is 0 Å². The molecule has 0 aliphatic carbocycles. The number of hydrogen-bond donors (Lipinski definition) is 0. The number of piperazine rings is 1. The van der Waals surface area contributed by atoms with E-state index >= 15 is 0 Å². The maximum atomic E-state index is 6.03. The van der Waals surface area contributed by atoms with Crippen molar-refractivity contribution < 1.29 is 9.47 Å². The Bertz CT molecular complexity index is 1350. The van der Waals surface area contributed by atoms with Crippen LogP contribution in [0.15, 0.2) is 31.0 Å². The van der Waals surface area contributed by atoms with Crippen molar-refractivity contribution >= 4 is 17.2 Å². The monoisotopic (exact) mass is 520 g/mol. The van der Waals surface area contributed by atoms with Crippen LogP contribution in [0.2, 0.25) is 0 Å². The molecule has 14 heteroatoms. The maximum absolute atomic E-state index is 6.03. The second-order valence-electron chi connectivity index (χ2n) is 9.73. The minimum atomic E-state index is -0.124. The lowest BCUT2D eigenvalue weighted by molar-refractivity contribution is 0.0272. The van der Waals surface area contributed by atoms with E-state index in [1.165, 1.54) is 0 Å². The lowest BCUT2D eigenvalue weighted by Crippen LogP contribution is -2.45. The molecule has 2 fully saturated rings. The predicted octanol–water partition coefficient (Wildman–Crippen LogP) is -0.0566. The van der Waals surface area contributed by atoms with Gasteiger partial charge in [-0.25, -0.2) is 24.6 Å². The van der Waals surface area contributed by atoms with Crippen molar-refractivity contribution in [2.45, 2.75) is 12.6 Å². The van der Waals surface area contributed by atoms with Crippen molar-refractivity contribution in [3.8, 4) is 17.0 Å². The zero-order chi connectivity index (χ0) is 25.9. The number of morpholine rings is 1. The first-order valence-corrected chi connectivity index (χ1v) is 12.9. The molecule has 0 unspecified atom stereocenters. The number of aryl methyl sites for hydroxylation is 1. The molecule has 0 N–H and O–H groups in total. The number of rotatable bonds is 8. The van der Waals surface area contributed by atoms with Gasteiger partial charge in [0.2, 0.25) is 11.6 Å². The molecule has 0 spiro atoms. The third kappa shape index (κ3) is 5.56. The minimum absolute atomic E-state index is 0.124. The van der Waals surface area contributed by atoms with E-state index < -0.39 is 0 Å². The highest BCUT2D eigenvalue weighted by Crippen LogP contribution is 2.19. The molecule has 0 aromatic carbocycles. The van der Waals surface area contributed by atoms with Crippen LogP contribution in [-0.2, 0) is 18.3 Å². The molecule has 2 saturated heterocycles. The van der Waals surface area contributed by atoms with Gasteiger partial charge in [0.1, 0.15) is 6.61 Å². The van der Waals surface area contributed by atoms with Gasteiger partial charge in [0.05, 0.1) is 49.7 Å². The van der Waals surface area contributed by atoms with Crippen molar-refractivity contribution in [2.24, 2.45) is 7.05 Å². The summed E-state index contributed by atoms with van der Waals surface area (Å²) in [6.07, 6.45) is 8.72. The number of aromatic nitrogens is 9. The van der Waals surface area contributed by atoms with E-state index in [2.05, 4.69) is 52.1 Å². The maximum Gasteiger partial charge on any atom is 0.225 e. The van der Waals surface area contributed by atoms with Gasteiger partial charge in [-0.3, -0.25) is 9.58 Å². The number of anilines is 1. The first-order valence-electron chi connectivity index (χ1n) is 12.9. The molecule has 38 heavy (non-hydrogen) atoms. The lowest BCUT2D eigenvalue weighted by Gasteiger charge is -2.33. The van der Waals surface area contributed by atoms with Crippen LogP contribution in [0.5, 0.6) is 5.75 Å². The average Bonchev–Trinajstić information content (AvgIpc) is 3.56. The van der Waals surface area contributed by atoms with Gasteiger partial charge in [-0.2, -0.15) is 5.10 Å². The molecule has 2 aliphatic rings. The molecule has 4 aromatic heterocycles. The van der Waals surface area contributed by atoms with Gasteiger partial charge in [0.25, 0.3) is 0 Å². The van der Waals surface area contributed by atoms with Crippen LogP contribution in [-0.4, -0.2) is 127 Å². The zero-order valence-corrected chi connectivity index (χ0v) is 21.7. The van der Waals surface area contributed by atoms with Gasteiger partial charge in [-0.05, 0) is 7.05 Å². The molecule has 200 valence electrons. The summed E-state index contributed by atoms with van der Waals surface area (Å²) in [4.78, 5) is 25.2. The average molecular weight is 521 g/mol. The molecule has 4 aromatic rings. The standard InChI is InChI=1S/C24H32N12O2/c1-32-3-5-34(6-4-32)7-9-37-19-12-26-24(27-13-19)35-8-10-38-20(16-35)17-36-23-22(30-31-36)25-14-21(29-23)18-11-28-33(2)15-18/h11-15,20H,3-10,16-17H2,1-2H3/t20-/m1/s1. The quantitative estimate of drug-likeness (QED) is 0.309. The fourth-order valence-corrected chi connectivity index (χ4v) is 4.69. The van der Waals surface area contributed by atoms with Crippen LogP contribution in [0.1, 0.15) is 0 Å². The third-order valence-corrected chi connectivity index (χ3v) is 6.91.